The molecule has 3 heterocycles. The van der Waals surface area contributed by atoms with Gasteiger partial charge in [-0.1, -0.05) is 0 Å². The lowest BCUT2D eigenvalue weighted by Crippen LogP contribution is -2.46. The molecule has 0 bridgehead atoms. The highest BCUT2D eigenvalue weighted by atomic mass is 16.5. The predicted molar refractivity (Wildman–Crippen MR) is 99.4 cm³/mol. The number of nitrogens with zero attached hydrogens (tertiary/aromatic N) is 5. The molecule has 8 nitrogen and oxygen atoms in total. The summed E-state index contributed by atoms with van der Waals surface area (Å²) in [4.78, 5) is 20.7. The molecule has 0 saturated carbocycles. The van der Waals surface area contributed by atoms with Crippen molar-refractivity contribution in [2.45, 2.75) is 0 Å². The Morgan fingerprint density at radius 1 is 0.962 bits per heavy atom. The van der Waals surface area contributed by atoms with Crippen LogP contribution in [0.4, 0.5) is 11.5 Å². The van der Waals surface area contributed by atoms with Crippen molar-refractivity contribution < 1.29 is 4.74 Å². The molecule has 1 aliphatic heterocycles. The zero-order valence-electron chi connectivity index (χ0n) is 14.5. The molecule has 8 heteroatoms. The molecule has 1 N–H and O–H groups in total. The largest absolute Gasteiger partial charge is 0.497 e. The second-order valence-corrected chi connectivity index (χ2v) is 6.08. The number of H-pyrrole nitrogens is 1. The maximum atomic E-state index is 11.6. The molecule has 3 aromatic rings. The summed E-state index contributed by atoms with van der Waals surface area (Å²) >= 11 is 0. The van der Waals surface area contributed by atoms with Gasteiger partial charge in [-0.15, -0.1) is 0 Å². The fourth-order valence-corrected chi connectivity index (χ4v) is 3.13. The molecule has 0 amide bonds. The lowest BCUT2D eigenvalue weighted by molar-refractivity contribution is 0.415. The number of nitrogens with one attached hydrogen (secondary N) is 1. The molecule has 1 fully saturated rings. The minimum absolute atomic E-state index is 0.271. The Bertz CT molecular complexity index is 908. The number of ether oxygens (including phenoxy) is 1. The first-order valence-corrected chi connectivity index (χ1v) is 8.47. The lowest BCUT2D eigenvalue weighted by atomic mass is 10.2. The summed E-state index contributed by atoms with van der Waals surface area (Å²) in [6.45, 7) is 3.64. The summed E-state index contributed by atoms with van der Waals surface area (Å²) in [5, 5.41) is 6.11. The van der Waals surface area contributed by atoms with Gasteiger partial charge in [0, 0.05) is 31.9 Å². The fourth-order valence-electron chi connectivity index (χ4n) is 3.13. The van der Waals surface area contributed by atoms with Gasteiger partial charge in [0.25, 0.3) is 0 Å². The van der Waals surface area contributed by atoms with E-state index in [9.17, 15) is 4.79 Å². The highest BCUT2D eigenvalue weighted by molar-refractivity contribution is 5.51. The standard InChI is InChI=1S/C18H20N6O2/c1-26-16-5-2-14(3-6-16)22-8-10-23(11-9-22)17-7-4-15(12-19-17)24-13-20-21-18(24)25/h2-7,12-13H,8-11H2,1H3,(H,21,25). The Kier molecular flexibility index (Phi) is 4.30. The molecule has 0 radical (unpaired) electrons. The number of aromatic amines is 1. The number of hydrogen-bond acceptors (Lipinski definition) is 6. The van der Waals surface area contributed by atoms with E-state index >= 15 is 0 Å². The molecule has 1 aliphatic rings. The van der Waals surface area contributed by atoms with Gasteiger partial charge in [-0.05, 0) is 36.4 Å². The van der Waals surface area contributed by atoms with Crippen LogP contribution in [0.1, 0.15) is 0 Å². The smallest absolute Gasteiger partial charge is 0.347 e. The lowest BCUT2D eigenvalue weighted by Gasteiger charge is -2.36. The fraction of sp³-hybridized carbons (Fsp3) is 0.278. The van der Waals surface area contributed by atoms with Crippen LogP contribution in [0.2, 0.25) is 0 Å². The van der Waals surface area contributed by atoms with Gasteiger partial charge in [-0.25, -0.2) is 19.4 Å². The number of anilines is 2. The maximum absolute atomic E-state index is 11.6. The number of methoxy groups -OCH3 is 1. The van der Waals surface area contributed by atoms with Crippen molar-refractivity contribution in [1.29, 1.82) is 0 Å². The summed E-state index contributed by atoms with van der Waals surface area (Å²) in [6, 6.07) is 12.0. The van der Waals surface area contributed by atoms with Crippen molar-refractivity contribution >= 4 is 11.5 Å². The summed E-state index contributed by atoms with van der Waals surface area (Å²) in [6.07, 6.45) is 3.15. The molecular formula is C18H20N6O2. The normalized spacial score (nSPS) is 14.5. The van der Waals surface area contributed by atoms with Gasteiger partial charge in [0.05, 0.1) is 19.0 Å². The van der Waals surface area contributed by atoms with Gasteiger partial charge in [0.2, 0.25) is 0 Å². The molecule has 0 unspecified atom stereocenters. The highest BCUT2D eigenvalue weighted by Crippen LogP contribution is 2.22. The number of hydrogen-bond donors (Lipinski definition) is 1. The van der Waals surface area contributed by atoms with Crippen LogP contribution in [0.3, 0.4) is 0 Å². The van der Waals surface area contributed by atoms with Crippen molar-refractivity contribution in [3.05, 3.63) is 59.4 Å². The molecule has 0 aliphatic carbocycles. The highest BCUT2D eigenvalue weighted by Gasteiger charge is 2.18. The quantitative estimate of drug-likeness (QED) is 0.762. The van der Waals surface area contributed by atoms with Crippen LogP contribution in [0, 0.1) is 0 Å². The summed E-state index contributed by atoms with van der Waals surface area (Å²) < 4.78 is 6.64. The van der Waals surface area contributed by atoms with Crippen molar-refractivity contribution in [1.82, 2.24) is 19.7 Å². The molecule has 26 heavy (non-hydrogen) atoms. The number of piperazine rings is 1. The van der Waals surface area contributed by atoms with Crippen LogP contribution < -0.4 is 20.2 Å². The van der Waals surface area contributed by atoms with Crippen LogP contribution >= 0.6 is 0 Å². The van der Waals surface area contributed by atoms with Crippen LogP contribution in [0.5, 0.6) is 5.75 Å². The van der Waals surface area contributed by atoms with E-state index in [2.05, 4.69) is 37.1 Å². The van der Waals surface area contributed by atoms with E-state index in [1.807, 2.05) is 24.3 Å². The van der Waals surface area contributed by atoms with Crippen molar-refractivity contribution in [2.24, 2.45) is 0 Å². The minimum atomic E-state index is -0.271. The topological polar surface area (TPSA) is 79.3 Å². The molecule has 1 aromatic carbocycles. The van der Waals surface area contributed by atoms with E-state index in [1.165, 1.54) is 16.6 Å². The number of pyridine rings is 1. The van der Waals surface area contributed by atoms with Gasteiger partial charge >= 0.3 is 5.69 Å². The van der Waals surface area contributed by atoms with E-state index in [4.69, 9.17) is 4.74 Å². The second kappa shape index (κ2) is 6.91. The zero-order chi connectivity index (χ0) is 17.9. The van der Waals surface area contributed by atoms with Crippen LogP contribution in [-0.4, -0.2) is 53.0 Å². The Morgan fingerprint density at radius 3 is 2.23 bits per heavy atom. The Labute approximate surface area is 150 Å². The number of rotatable bonds is 4. The first-order valence-electron chi connectivity index (χ1n) is 8.47. The summed E-state index contributed by atoms with van der Waals surface area (Å²) in [7, 11) is 1.68. The van der Waals surface area contributed by atoms with E-state index in [1.54, 1.807) is 13.3 Å². The number of aromatic nitrogens is 4. The van der Waals surface area contributed by atoms with E-state index in [0.717, 1.165) is 37.7 Å². The van der Waals surface area contributed by atoms with Crippen molar-refractivity contribution in [3.8, 4) is 11.4 Å². The Hall–Kier alpha value is -3.29. The maximum Gasteiger partial charge on any atom is 0.347 e. The van der Waals surface area contributed by atoms with Crippen molar-refractivity contribution in [2.75, 3.05) is 43.1 Å². The molecule has 0 atom stereocenters. The summed E-state index contributed by atoms with van der Waals surface area (Å²) in [5.74, 6) is 1.79. The third kappa shape index (κ3) is 3.13. The zero-order valence-corrected chi connectivity index (χ0v) is 14.5. The monoisotopic (exact) mass is 352 g/mol. The van der Waals surface area contributed by atoms with E-state index < -0.39 is 0 Å². The van der Waals surface area contributed by atoms with E-state index in [0.29, 0.717) is 5.69 Å². The average molecular weight is 352 g/mol. The summed E-state index contributed by atoms with van der Waals surface area (Å²) in [5.41, 5.74) is 1.63. The van der Waals surface area contributed by atoms with Gasteiger partial charge < -0.3 is 14.5 Å². The SMILES string of the molecule is COc1ccc(N2CCN(c3ccc(-n4cn[nH]c4=O)cn3)CC2)cc1. The molecule has 2 aromatic heterocycles. The molecule has 1 saturated heterocycles. The third-order valence-electron chi connectivity index (χ3n) is 4.60. The molecule has 0 spiro atoms. The average Bonchev–Trinajstić information content (AvgIpc) is 3.14. The number of benzene rings is 1. The van der Waals surface area contributed by atoms with Crippen LogP contribution in [-0.2, 0) is 0 Å². The Morgan fingerprint density at radius 2 is 1.65 bits per heavy atom. The van der Waals surface area contributed by atoms with Crippen LogP contribution in [0.25, 0.3) is 5.69 Å². The minimum Gasteiger partial charge on any atom is -0.497 e. The first-order chi connectivity index (χ1) is 12.7. The predicted octanol–water partition coefficient (Wildman–Crippen LogP) is 1.29. The molecular weight excluding hydrogens is 332 g/mol. The van der Waals surface area contributed by atoms with Gasteiger partial charge in [-0.2, -0.15) is 5.10 Å². The van der Waals surface area contributed by atoms with Gasteiger partial charge in [-0.3, -0.25) is 0 Å². The first kappa shape index (κ1) is 16.2. The molecule has 134 valence electrons. The Balaban J connectivity index is 1.41. The second-order valence-electron chi connectivity index (χ2n) is 6.08. The molecule has 4 rings (SSSR count). The van der Waals surface area contributed by atoms with Crippen molar-refractivity contribution in [3.63, 3.8) is 0 Å². The van der Waals surface area contributed by atoms with Gasteiger partial charge in [0.1, 0.15) is 17.9 Å². The third-order valence-corrected chi connectivity index (χ3v) is 4.60. The van der Waals surface area contributed by atoms with E-state index in [-0.39, 0.29) is 5.69 Å². The van der Waals surface area contributed by atoms with Crippen LogP contribution in [0.15, 0.2) is 53.7 Å². The van der Waals surface area contributed by atoms with Gasteiger partial charge in [0.15, 0.2) is 0 Å².